The van der Waals surface area contributed by atoms with Crippen molar-refractivity contribution in [3.63, 3.8) is 0 Å². The maximum Gasteiger partial charge on any atom is 0.0799 e. The molecule has 0 aromatic rings. The molecule has 0 aromatic heterocycles. The van der Waals surface area contributed by atoms with E-state index in [2.05, 4.69) is 6.92 Å². The molecule has 1 unspecified atom stereocenters. The third-order valence-electron chi connectivity index (χ3n) is 4.72. The first-order valence-electron chi connectivity index (χ1n) is 10.1. The van der Waals surface area contributed by atoms with Crippen LogP contribution in [0.5, 0.6) is 0 Å². The lowest BCUT2D eigenvalue weighted by Gasteiger charge is -2.15. The lowest BCUT2D eigenvalue weighted by molar-refractivity contribution is 0.0114. The second kappa shape index (κ2) is 17.3. The quantitative estimate of drug-likeness (QED) is 0.324. The molecule has 0 spiro atoms. The summed E-state index contributed by atoms with van der Waals surface area (Å²) in [6.45, 7) is 4.19. The largest absolute Gasteiger partial charge is 0.390 e. The summed E-state index contributed by atoms with van der Waals surface area (Å²) in [6.07, 6.45) is 19.3. The van der Waals surface area contributed by atoms with Gasteiger partial charge in [-0.05, 0) is 12.8 Å². The molecular weight excluding hydrogens is 272 g/mol. The van der Waals surface area contributed by atoms with Gasteiger partial charge in [0.15, 0.2) is 0 Å². The van der Waals surface area contributed by atoms with Gasteiger partial charge in [0, 0.05) is 0 Å². The molecule has 134 valence electrons. The predicted octanol–water partition coefficient (Wildman–Crippen LogP) is 5.99. The highest BCUT2D eigenvalue weighted by atomic mass is 16.3. The van der Waals surface area contributed by atoms with E-state index in [1.54, 1.807) is 0 Å². The van der Waals surface area contributed by atoms with Crippen LogP contribution in [0.1, 0.15) is 117 Å². The van der Waals surface area contributed by atoms with Gasteiger partial charge >= 0.3 is 0 Å². The molecule has 0 aromatic carbocycles. The Morgan fingerprint density at radius 3 is 1.23 bits per heavy atom. The number of aliphatic hydroxyl groups excluding tert-OH is 2. The summed E-state index contributed by atoms with van der Waals surface area (Å²) in [4.78, 5) is 0. The standard InChI is InChI=1S/C20H42O2/c1-3-5-6-7-8-9-10-11-12-13-14-15-16-17-18-20(22)19(21)4-2/h19-22H,3-18H2,1-2H3/t19?,20-/m1/s1. The van der Waals surface area contributed by atoms with Gasteiger partial charge in [-0.3, -0.25) is 0 Å². The van der Waals surface area contributed by atoms with Crippen molar-refractivity contribution in [2.45, 2.75) is 129 Å². The molecule has 2 N–H and O–H groups in total. The van der Waals surface area contributed by atoms with Gasteiger partial charge in [0.1, 0.15) is 0 Å². The molecule has 2 heteroatoms. The van der Waals surface area contributed by atoms with Gasteiger partial charge in [-0.1, -0.05) is 104 Å². The molecular formula is C20H42O2. The van der Waals surface area contributed by atoms with E-state index in [9.17, 15) is 10.2 Å². The number of hydrogen-bond donors (Lipinski definition) is 2. The van der Waals surface area contributed by atoms with E-state index in [0.717, 1.165) is 12.8 Å². The number of hydrogen-bond acceptors (Lipinski definition) is 2. The Bertz CT molecular complexity index is 206. The zero-order valence-corrected chi connectivity index (χ0v) is 15.4. The highest BCUT2D eigenvalue weighted by Crippen LogP contribution is 2.14. The molecule has 0 rings (SSSR count). The minimum atomic E-state index is -0.526. The highest BCUT2D eigenvalue weighted by Gasteiger charge is 2.12. The van der Waals surface area contributed by atoms with Crippen molar-refractivity contribution in [2.24, 2.45) is 0 Å². The summed E-state index contributed by atoms with van der Waals surface area (Å²) in [7, 11) is 0. The molecule has 0 aliphatic carbocycles. The van der Waals surface area contributed by atoms with Crippen LogP contribution < -0.4 is 0 Å². The second-order valence-corrected chi connectivity index (χ2v) is 6.93. The SMILES string of the molecule is CCCCCCCCCCCCCCCC[C@@H](O)C(O)CC. The molecule has 0 aliphatic rings. The maximum absolute atomic E-state index is 9.66. The molecule has 0 heterocycles. The Morgan fingerprint density at radius 2 is 0.864 bits per heavy atom. The van der Waals surface area contributed by atoms with E-state index in [4.69, 9.17) is 0 Å². The normalized spacial score (nSPS) is 14.2. The van der Waals surface area contributed by atoms with E-state index in [-0.39, 0.29) is 0 Å². The summed E-state index contributed by atoms with van der Waals surface area (Å²) >= 11 is 0. The van der Waals surface area contributed by atoms with E-state index in [0.29, 0.717) is 6.42 Å². The van der Waals surface area contributed by atoms with E-state index in [1.807, 2.05) is 6.92 Å². The summed E-state index contributed by atoms with van der Waals surface area (Å²) in [5.74, 6) is 0. The molecule has 0 fully saturated rings. The third kappa shape index (κ3) is 14.8. The highest BCUT2D eigenvalue weighted by molar-refractivity contribution is 4.65. The molecule has 0 bridgehead atoms. The molecule has 0 radical (unpaired) electrons. The fraction of sp³-hybridized carbons (Fsp3) is 1.00. The van der Waals surface area contributed by atoms with Gasteiger partial charge < -0.3 is 10.2 Å². The van der Waals surface area contributed by atoms with Crippen LogP contribution in [-0.2, 0) is 0 Å². The average molecular weight is 315 g/mol. The van der Waals surface area contributed by atoms with Gasteiger partial charge in [0.25, 0.3) is 0 Å². The smallest absolute Gasteiger partial charge is 0.0799 e. The zero-order valence-electron chi connectivity index (χ0n) is 15.4. The molecule has 0 saturated carbocycles. The lowest BCUT2D eigenvalue weighted by Crippen LogP contribution is -2.24. The summed E-state index contributed by atoms with van der Waals surface area (Å²) < 4.78 is 0. The maximum atomic E-state index is 9.66. The fourth-order valence-electron chi connectivity index (χ4n) is 3.01. The first kappa shape index (κ1) is 21.9. The van der Waals surface area contributed by atoms with Crippen LogP contribution in [0.15, 0.2) is 0 Å². The van der Waals surface area contributed by atoms with Crippen LogP contribution in [0.2, 0.25) is 0 Å². The van der Waals surface area contributed by atoms with Crippen LogP contribution in [0.4, 0.5) is 0 Å². The first-order chi connectivity index (χ1) is 10.7. The summed E-state index contributed by atoms with van der Waals surface area (Å²) in [5, 5.41) is 19.1. The first-order valence-corrected chi connectivity index (χ1v) is 10.1. The topological polar surface area (TPSA) is 40.5 Å². The Balaban J connectivity index is 3.08. The van der Waals surface area contributed by atoms with Crippen molar-refractivity contribution in [3.8, 4) is 0 Å². The molecule has 0 amide bonds. The van der Waals surface area contributed by atoms with Crippen LogP contribution in [0.3, 0.4) is 0 Å². The van der Waals surface area contributed by atoms with E-state index in [1.165, 1.54) is 83.5 Å². The van der Waals surface area contributed by atoms with Crippen molar-refractivity contribution in [1.29, 1.82) is 0 Å². The second-order valence-electron chi connectivity index (χ2n) is 6.93. The van der Waals surface area contributed by atoms with Crippen LogP contribution in [0.25, 0.3) is 0 Å². The summed E-state index contributed by atoms with van der Waals surface area (Å²) in [5.41, 5.74) is 0. The third-order valence-corrected chi connectivity index (χ3v) is 4.72. The Morgan fingerprint density at radius 1 is 0.500 bits per heavy atom. The Labute approximate surface area is 139 Å². The lowest BCUT2D eigenvalue weighted by atomic mass is 10.0. The average Bonchev–Trinajstić information content (AvgIpc) is 2.54. The minimum absolute atomic E-state index is 0.512. The predicted molar refractivity (Wildman–Crippen MR) is 97.2 cm³/mol. The van der Waals surface area contributed by atoms with Crippen LogP contribution in [0, 0.1) is 0 Å². The van der Waals surface area contributed by atoms with E-state index < -0.39 is 12.2 Å². The van der Waals surface area contributed by atoms with Gasteiger partial charge in [-0.25, -0.2) is 0 Å². The van der Waals surface area contributed by atoms with Crippen LogP contribution in [-0.4, -0.2) is 22.4 Å². The summed E-state index contributed by atoms with van der Waals surface area (Å²) in [6, 6.07) is 0. The molecule has 22 heavy (non-hydrogen) atoms. The molecule has 2 atom stereocenters. The van der Waals surface area contributed by atoms with Crippen molar-refractivity contribution >= 4 is 0 Å². The Kier molecular flexibility index (Phi) is 17.2. The van der Waals surface area contributed by atoms with Gasteiger partial charge in [-0.15, -0.1) is 0 Å². The zero-order chi connectivity index (χ0) is 16.5. The Hall–Kier alpha value is -0.0800. The van der Waals surface area contributed by atoms with Gasteiger partial charge in [-0.2, -0.15) is 0 Å². The minimum Gasteiger partial charge on any atom is -0.390 e. The van der Waals surface area contributed by atoms with Crippen molar-refractivity contribution in [2.75, 3.05) is 0 Å². The van der Waals surface area contributed by atoms with Gasteiger partial charge in [0.2, 0.25) is 0 Å². The van der Waals surface area contributed by atoms with Crippen molar-refractivity contribution < 1.29 is 10.2 Å². The van der Waals surface area contributed by atoms with Gasteiger partial charge in [0.05, 0.1) is 12.2 Å². The molecule has 0 saturated heterocycles. The van der Waals surface area contributed by atoms with Crippen molar-refractivity contribution in [1.82, 2.24) is 0 Å². The number of aliphatic hydroxyl groups is 2. The molecule has 0 aliphatic heterocycles. The number of rotatable bonds is 17. The fourth-order valence-corrected chi connectivity index (χ4v) is 3.01. The number of unbranched alkanes of at least 4 members (excludes halogenated alkanes) is 13. The van der Waals surface area contributed by atoms with E-state index >= 15 is 0 Å². The van der Waals surface area contributed by atoms with Crippen LogP contribution >= 0.6 is 0 Å². The van der Waals surface area contributed by atoms with Crippen molar-refractivity contribution in [3.05, 3.63) is 0 Å². The monoisotopic (exact) mass is 314 g/mol. The molecule has 2 nitrogen and oxygen atoms in total.